The average Bonchev–Trinajstić information content (AvgIpc) is 2.60. The Bertz CT molecular complexity index is 352. The first kappa shape index (κ1) is 11.5. The molecule has 0 radical (unpaired) electrons. The van der Waals surface area contributed by atoms with Crippen LogP contribution < -0.4 is 10.6 Å². The number of benzene rings is 1. The molecular formula is C14H22N2. The fourth-order valence-electron chi connectivity index (χ4n) is 2.16. The minimum Gasteiger partial charge on any atom is -0.384 e. The third-order valence-electron chi connectivity index (χ3n) is 2.99. The Morgan fingerprint density at radius 3 is 2.81 bits per heavy atom. The van der Waals surface area contributed by atoms with Gasteiger partial charge in [0.1, 0.15) is 0 Å². The fourth-order valence-corrected chi connectivity index (χ4v) is 2.16. The highest BCUT2D eigenvalue weighted by molar-refractivity contribution is 5.57. The Kier molecular flexibility index (Phi) is 3.20. The highest BCUT2D eigenvalue weighted by Crippen LogP contribution is 2.30. The molecule has 1 aliphatic heterocycles. The summed E-state index contributed by atoms with van der Waals surface area (Å²) in [6.45, 7) is 10.0. The van der Waals surface area contributed by atoms with Gasteiger partial charge >= 0.3 is 0 Å². The summed E-state index contributed by atoms with van der Waals surface area (Å²) in [7, 11) is 0. The van der Waals surface area contributed by atoms with Gasteiger partial charge in [0.25, 0.3) is 0 Å². The van der Waals surface area contributed by atoms with Gasteiger partial charge in [-0.2, -0.15) is 0 Å². The molecule has 2 heteroatoms. The number of anilines is 1. The van der Waals surface area contributed by atoms with Crippen LogP contribution in [0, 0.1) is 5.41 Å². The normalized spacial score (nSPS) is 19.3. The molecule has 0 saturated heterocycles. The molecule has 2 N–H and O–H groups in total. The third-order valence-corrected chi connectivity index (χ3v) is 2.99. The number of rotatable bonds is 3. The maximum atomic E-state index is 3.57. The van der Waals surface area contributed by atoms with E-state index in [1.807, 2.05) is 0 Å². The number of hydrogen-bond donors (Lipinski definition) is 2. The van der Waals surface area contributed by atoms with E-state index in [4.69, 9.17) is 0 Å². The fraction of sp³-hybridized carbons (Fsp3) is 0.571. The van der Waals surface area contributed by atoms with Crippen LogP contribution in [0.15, 0.2) is 24.3 Å². The molecule has 2 rings (SSSR count). The second-order valence-corrected chi connectivity index (χ2v) is 5.86. The van der Waals surface area contributed by atoms with Crippen molar-refractivity contribution in [1.82, 2.24) is 5.32 Å². The van der Waals surface area contributed by atoms with Crippen molar-refractivity contribution in [2.24, 2.45) is 5.41 Å². The number of para-hydroxylation sites is 1. The zero-order valence-corrected chi connectivity index (χ0v) is 10.5. The summed E-state index contributed by atoms with van der Waals surface area (Å²) in [5.41, 5.74) is 3.14. The summed E-state index contributed by atoms with van der Waals surface area (Å²) in [5, 5.41) is 7.03. The molecule has 0 saturated carbocycles. The molecule has 0 aromatic heterocycles. The summed E-state index contributed by atoms with van der Waals surface area (Å²) in [6.07, 6.45) is 0. The van der Waals surface area contributed by atoms with Crippen LogP contribution in [0.2, 0.25) is 0 Å². The second-order valence-electron chi connectivity index (χ2n) is 5.86. The van der Waals surface area contributed by atoms with Gasteiger partial charge in [-0.1, -0.05) is 39.0 Å². The molecule has 2 nitrogen and oxygen atoms in total. The lowest BCUT2D eigenvalue weighted by Crippen LogP contribution is -2.30. The van der Waals surface area contributed by atoms with Crippen molar-refractivity contribution in [3.8, 4) is 0 Å². The van der Waals surface area contributed by atoms with Crippen LogP contribution >= 0.6 is 0 Å². The first-order chi connectivity index (χ1) is 7.56. The summed E-state index contributed by atoms with van der Waals surface area (Å²) in [6, 6.07) is 8.62. The Morgan fingerprint density at radius 2 is 2.06 bits per heavy atom. The van der Waals surface area contributed by atoms with Gasteiger partial charge in [-0.25, -0.2) is 0 Å². The number of fused-ring (bicyclic) bond motifs is 1. The van der Waals surface area contributed by atoms with E-state index in [1.54, 1.807) is 0 Å². The molecule has 1 aliphatic rings. The van der Waals surface area contributed by atoms with Crippen molar-refractivity contribution < 1.29 is 0 Å². The van der Waals surface area contributed by atoms with Crippen LogP contribution in [-0.4, -0.2) is 19.6 Å². The molecule has 0 aliphatic carbocycles. The molecule has 1 aromatic rings. The van der Waals surface area contributed by atoms with Crippen molar-refractivity contribution in [2.45, 2.75) is 26.7 Å². The maximum absolute atomic E-state index is 3.57. The smallest absolute Gasteiger partial charge is 0.0376 e. The van der Waals surface area contributed by atoms with Gasteiger partial charge < -0.3 is 10.6 Å². The molecule has 1 unspecified atom stereocenters. The lowest BCUT2D eigenvalue weighted by Gasteiger charge is -2.20. The lowest BCUT2D eigenvalue weighted by molar-refractivity contribution is 0.375. The lowest BCUT2D eigenvalue weighted by atomic mass is 9.96. The molecule has 16 heavy (non-hydrogen) atoms. The van der Waals surface area contributed by atoms with E-state index in [0.29, 0.717) is 11.3 Å². The molecule has 1 heterocycles. The second kappa shape index (κ2) is 4.46. The monoisotopic (exact) mass is 218 g/mol. The van der Waals surface area contributed by atoms with Gasteiger partial charge in [-0.05, 0) is 17.0 Å². The van der Waals surface area contributed by atoms with Gasteiger partial charge in [-0.3, -0.25) is 0 Å². The Balaban J connectivity index is 1.89. The first-order valence-corrected chi connectivity index (χ1v) is 6.10. The van der Waals surface area contributed by atoms with Crippen LogP contribution in [0.4, 0.5) is 5.69 Å². The van der Waals surface area contributed by atoms with E-state index >= 15 is 0 Å². The molecule has 0 fully saturated rings. The Hall–Kier alpha value is -1.02. The molecular weight excluding hydrogens is 196 g/mol. The largest absolute Gasteiger partial charge is 0.384 e. The highest BCUT2D eigenvalue weighted by atomic mass is 14.9. The molecule has 88 valence electrons. The zero-order valence-electron chi connectivity index (χ0n) is 10.5. The van der Waals surface area contributed by atoms with Gasteiger partial charge in [-0.15, -0.1) is 0 Å². The predicted molar refractivity (Wildman–Crippen MR) is 70.0 cm³/mol. The van der Waals surface area contributed by atoms with E-state index in [2.05, 4.69) is 55.7 Å². The molecule has 1 atom stereocenters. The van der Waals surface area contributed by atoms with E-state index < -0.39 is 0 Å². The van der Waals surface area contributed by atoms with Gasteiger partial charge in [0.2, 0.25) is 0 Å². The predicted octanol–water partition coefficient (Wildman–Crippen LogP) is 2.83. The van der Waals surface area contributed by atoms with Crippen molar-refractivity contribution in [1.29, 1.82) is 0 Å². The summed E-state index contributed by atoms with van der Waals surface area (Å²) in [4.78, 5) is 0. The van der Waals surface area contributed by atoms with Crippen LogP contribution in [0.3, 0.4) is 0 Å². The maximum Gasteiger partial charge on any atom is 0.0376 e. The highest BCUT2D eigenvalue weighted by Gasteiger charge is 2.21. The van der Waals surface area contributed by atoms with E-state index in [0.717, 1.165) is 19.6 Å². The molecule has 0 bridgehead atoms. The minimum atomic E-state index is 0.367. The minimum absolute atomic E-state index is 0.367. The van der Waals surface area contributed by atoms with Crippen LogP contribution in [0.1, 0.15) is 32.3 Å². The van der Waals surface area contributed by atoms with Crippen molar-refractivity contribution in [3.63, 3.8) is 0 Å². The zero-order chi connectivity index (χ0) is 11.6. The van der Waals surface area contributed by atoms with Gasteiger partial charge in [0.15, 0.2) is 0 Å². The first-order valence-electron chi connectivity index (χ1n) is 6.10. The molecule has 0 spiro atoms. The van der Waals surface area contributed by atoms with E-state index in [-0.39, 0.29) is 0 Å². The Labute approximate surface area is 98.4 Å². The summed E-state index contributed by atoms with van der Waals surface area (Å²) < 4.78 is 0. The van der Waals surface area contributed by atoms with Crippen LogP contribution in [0.5, 0.6) is 0 Å². The van der Waals surface area contributed by atoms with Gasteiger partial charge in [0, 0.05) is 31.2 Å². The van der Waals surface area contributed by atoms with Crippen LogP contribution in [0.25, 0.3) is 0 Å². The quantitative estimate of drug-likeness (QED) is 0.815. The third kappa shape index (κ3) is 2.76. The molecule has 1 aromatic carbocycles. The topological polar surface area (TPSA) is 24.1 Å². The van der Waals surface area contributed by atoms with Crippen molar-refractivity contribution in [2.75, 3.05) is 25.0 Å². The summed E-state index contributed by atoms with van der Waals surface area (Å²) >= 11 is 0. The standard InChI is InChI=1S/C14H22N2/c1-14(2,3)10-15-8-11-9-16-13-7-5-4-6-12(11)13/h4-7,11,15-16H,8-10H2,1-3H3. The van der Waals surface area contributed by atoms with E-state index in [1.165, 1.54) is 11.3 Å². The SMILES string of the molecule is CC(C)(C)CNCC1CNc2ccccc21. The Morgan fingerprint density at radius 1 is 1.31 bits per heavy atom. The number of hydrogen-bond acceptors (Lipinski definition) is 2. The van der Waals surface area contributed by atoms with Crippen LogP contribution in [-0.2, 0) is 0 Å². The average molecular weight is 218 g/mol. The van der Waals surface area contributed by atoms with Crippen molar-refractivity contribution in [3.05, 3.63) is 29.8 Å². The van der Waals surface area contributed by atoms with E-state index in [9.17, 15) is 0 Å². The van der Waals surface area contributed by atoms with Crippen molar-refractivity contribution >= 4 is 5.69 Å². The molecule has 0 amide bonds. The number of nitrogens with one attached hydrogen (secondary N) is 2. The van der Waals surface area contributed by atoms with Gasteiger partial charge in [0.05, 0.1) is 0 Å². The summed E-state index contributed by atoms with van der Waals surface area (Å²) in [5.74, 6) is 0.624.